The van der Waals surface area contributed by atoms with E-state index in [-0.39, 0.29) is 23.0 Å². The molecule has 3 aromatic carbocycles. The third kappa shape index (κ3) is 6.90. The zero-order valence-corrected chi connectivity index (χ0v) is 19.0. The van der Waals surface area contributed by atoms with Gasteiger partial charge in [0.05, 0.1) is 23.3 Å². The monoisotopic (exact) mass is 483 g/mol. The van der Waals surface area contributed by atoms with Crippen LogP contribution >= 0.6 is 23.2 Å². The van der Waals surface area contributed by atoms with E-state index in [0.717, 1.165) is 5.56 Å². The average Bonchev–Trinajstić information content (AvgIpc) is 2.79. The Hall–Kier alpha value is -3.68. The highest BCUT2D eigenvalue weighted by molar-refractivity contribution is 6.36. The van der Waals surface area contributed by atoms with Gasteiger partial charge in [-0.2, -0.15) is 5.10 Å². The summed E-state index contributed by atoms with van der Waals surface area (Å²) in [6, 6.07) is 18.0. The zero-order valence-electron chi connectivity index (χ0n) is 17.5. The van der Waals surface area contributed by atoms with Gasteiger partial charge in [-0.1, -0.05) is 41.4 Å². The van der Waals surface area contributed by atoms with Crippen LogP contribution in [0.3, 0.4) is 0 Å². The van der Waals surface area contributed by atoms with E-state index in [2.05, 4.69) is 15.8 Å². The van der Waals surface area contributed by atoms with Gasteiger partial charge in [0.1, 0.15) is 5.75 Å². The van der Waals surface area contributed by atoms with E-state index in [4.69, 9.17) is 27.9 Å². The number of aryl methyl sites for hydroxylation is 1. The molecule has 0 atom stereocenters. The summed E-state index contributed by atoms with van der Waals surface area (Å²) < 4.78 is 5.30. The number of rotatable bonds is 7. The highest BCUT2D eigenvalue weighted by Gasteiger charge is 2.13. The van der Waals surface area contributed by atoms with E-state index >= 15 is 0 Å². The van der Waals surface area contributed by atoms with E-state index < -0.39 is 11.9 Å². The van der Waals surface area contributed by atoms with Crippen molar-refractivity contribution in [3.63, 3.8) is 0 Å². The zero-order chi connectivity index (χ0) is 23.8. The van der Waals surface area contributed by atoms with Crippen molar-refractivity contribution in [2.75, 3.05) is 6.54 Å². The Morgan fingerprint density at radius 2 is 1.70 bits per heavy atom. The van der Waals surface area contributed by atoms with Crippen LogP contribution < -0.4 is 15.5 Å². The second-order valence-corrected chi connectivity index (χ2v) is 7.72. The Morgan fingerprint density at radius 1 is 0.970 bits per heavy atom. The molecule has 0 unspecified atom stereocenters. The smallest absolute Gasteiger partial charge is 0.345 e. The number of hydrogen-bond donors (Lipinski definition) is 2. The molecule has 2 N–H and O–H groups in total. The number of carbonyl (C=O) groups excluding carboxylic acids is 3. The van der Waals surface area contributed by atoms with E-state index in [1.54, 1.807) is 42.5 Å². The number of benzene rings is 3. The second kappa shape index (κ2) is 11.3. The molecule has 0 bridgehead atoms. The van der Waals surface area contributed by atoms with Crippen LogP contribution in [0.15, 0.2) is 71.8 Å². The van der Waals surface area contributed by atoms with Crippen molar-refractivity contribution in [1.82, 2.24) is 10.7 Å². The molecule has 2 amide bonds. The maximum Gasteiger partial charge on any atom is 0.345 e. The van der Waals surface area contributed by atoms with Crippen LogP contribution in [-0.4, -0.2) is 30.5 Å². The maximum atomic E-state index is 12.2. The first kappa shape index (κ1) is 24.0. The fourth-order valence-corrected chi connectivity index (χ4v) is 3.23. The van der Waals surface area contributed by atoms with Crippen molar-refractivity contribution in [2.45, 2.75) is 6.92 Å². The minimum Gasteiger partial charge on any atom is -0.423 e. The van der Waals surface area contributed by atoms with Crippen LogP contribution in [0, 0.1) is 6.92 Å². The van der Waals surface area contributed by atoms with Crippen molar-refractivity contribution in [1.29, 1.82) is 0 Å². The largest absolute Gasteiger partial charge is 0.423 e. The predicted octanol–water partition coefficient (Wildman–Crippen LogP) is 4.40. The summed E-state index contributed by atoms with van der Waals surface area (Å²) in [5.41, 5.74) is 4.52. The SMILES string of the molecule is Cc1ccccc1C(=O)NCC(=O)N/N=C/c1ccc(OC(=O)c2ccc(Cl)cc2Cl)cc1. The van der Waals surface area contributed by atoms with Gasteiger partial charge in [-0.05, 0) is 66.6 Å². The molecule has 0 saturated heterocycles. The summed E-state index contributed by atoms with van der Waals surface area (Å²) in [4.78, 5) is 36.3. The Morgan fingerprint density at radius 3 is 2.39 bits per heavy atom. The molecule has 0 aromatic heterocycles. The molecule has 3 rings (SSSR count). The summed E-state index contributed by atoms with van der Waals surface area (Å²) in [6.07, 6.45) is 1.42. The van der Waals surface area contributed by atoms with Gasteiger partial charge in [-0.25, -0.2) is 10.2 Å². The van der Waals surface area contributed by atoms with Crippen molar-refractivity contribution >= 4 is 47.2 Å². The van der Waals surface area contributed by atoms with Gasteiger partial charge in [0, 0.05) is 10.6 Å². The third-order valence-electron chi connectivity index (χ3n) is 4.44. The number of nitrogens with one attached hydrogen (secondary N) is 2. The van der Waals surface area contributed by atoms with Crippen LogP contribution in [0.25, 0.3) is 0 Å². The summed E-state index contributed by atoms with van der Waals surface area (Å²) in [7, 11) is 0. The maximum absolute atomic E-state index is 12.2. The van der Waals surface area contributed by atoms with Gasteiger partial charge in [-0.15, -0.1) is 0 Å². The molecule has 0 fully saturated rings. The van der Waals surface area contributed by atoms with Crippen LogP contribution in [0.2, 0.25) is 10.0 Å². The molecule has 9 heteroatoms. The molecular weight excluding hydrogens is 465 g/mol. The number of hydrogen-bond acceptors (Lipinski definition) is 5. The molecule has 0 aliphatic rings. The molecule has 0 radical (unpaired) electrons. The molecule has 168 valence electrons. The number of esters is 1. The summed E-state index contributed by atoms with van der Waals surface area (Å²) >= 11 is 11.8. The van der Waals surface area contributed by atoms with Crippen LogP contribution in [0.5, 0.6) is 5.75 Å². The quantitative estimate of drug-likeness (QED) is 0.225. The minimum atomic E-state index is -0.613. The van der Waals surface area contributed by atoms with Gasteiger partial charge in [0.25, 0.3) is 11.8 Å². The lowest BCUT2D eigenvalue weighted by Crippen LogP contribution is -2.35. The predicted molar refractivity (Wildman–Crippen MR) is 127 cm³/mol. The number of ether oxygens (including phenoxy) is 1. The fraction of sp³-hybridized carbons (Fsp3) is 0.0833. The normalized spacial score (nSPS) is 10.6. The van der Waals surface area contributed by atoms with Gasteiger partial charge in [0.15, 0.2) is 0 Å². The van der Waals surface area contributed by atoms with Crippen LogP contribution in [0.1, 0.15) is 31.8 Å². The third-order valence-corrected chi connectivity index (χ3v) is 4.99. The van der Waals surface area contributed by atoms with Gasteiger partial charge in [0.2, 0.25) is 0 Å². The van der Waals surface area contributed by atoms with E-state index in [0.29, 0.717) is 21.9 Å². The lowest BCUT2D eigenvalue weighted by molar-refractivity contribution is -0.120. The first-order chi connectivity index (χ1) is 15.8. The molecule has 0 heterocycles. The summed E-state index contributed by atoms with van der Waals surface area (Å²) in [5, 5.41) is 7.01. The van der Waals surface area contributed by atoms with Crippen molar-refractivity contribution < 1.29 is 19.1 Å². The average molecular weight is 484 g/mol. The first-order valence-corrected chi connectivity index (χ1v) is 10.5. The van der Waals surface area contributed by atoms with Crippen LogP contribution in [-0.2, 0) is 4.79 Å². The minimum absolute atomic E-state index is 0.196. The molecule has 0 saturated carbocycles. The lowest BCUT2D eigenvalue weighted by atomic mass is 10.1. The summed E-state index contributed by atoms with van der Waals surface area (Å²) in [6.45, 7) is 1.60. The molecule has 3 aromatic rings. The van der Waals surface area contributed by atoms with Crippen molar-refractivity contribution in [2.24, 2.45) is 5.10 Å². The molecule has 0 aliphatic heterocycles. The van der Waals surface area contributed by atoms with E-state index in [1.807, 2.05) is 19.1 Å². The number of carbonyl (C=O) groups is 3. The van der Waals surface area contributed by atoms with Gasteiger partial charge < -0.3 is 10.1 Å². The Balaban J connectivity index is 1.47. The Kier molecular flexibility index (Phi) is 8.18. The topological polar surface area (TPSA) is 96.9 Å². The standard InChI is InChI=1S/C24H19Cl2N3O4/c1-15-4-2-3-5-19(15)23(31)27-14-22(30)29-28-13-16-6-9-18(10-7-16)33-24(32)20-11-8-17(25)12-21(20)26/h2-13H,14H2,1H3,(H,27,31)(H,29,30)/b28-13+. The summed E-state index contributed by atoms with van der Waals surface area (Å²) in [5.74, 6) is -1.11. The van der Waals surface area contributed by atoms with E-state index in [1.165, 1.54) is 18.3 Å². The van der Waals surface area contributed by atoms with Crippen molar-refractivity contribution in [3.05, 3.63) is 99.0 Å². The molecule has 7 nitrogen and oxygen atoms in total. The fourth-order valence-electron chi connectivity index (χ4n) is 2.74. The van der Waals surface area contributed by atoms with Gasteiger partial charge >= 0.3 is 5.97 Å². The second-order valence-electron chi connectivity index (χ2n) is 6.87. The highest BCUT2D eigenvalue weighted by atomic mass is 35.5. The van der Waals surface area contributed by atoms with Gasteiger partial charge in [-0.3, -0.25) is 9.59 Å². The number of halogens is 2. The first-order valence-electron chi connectivity index (χ1n) is 9.76. The number of nitrogens with zero attached hydrogens (tertiary/aromatic N) is 1. The number of hydrazone groups is 1. The Labute approximate surface area is 200 Å². The van der Waals surface area contributed by atoms with E-state index in [9.17, 15) is 14.4 Å². The Bertz CT molecular complexity index is 1210. The molecule has 33 heavy (non-hydrogen) atoms. The van der Waals surface area contributed by atoms with Crippen LogP contribution in [0.4, 0.5) is 0 Å². The molecule has 0 spiro atoms. The lowest BCUT2D eigenvalue weighted by Gasteiger charge is -2.07. The number of amides is 2. The van der Waals surface area contributed by atoms with Crippen molar-refractivity contribution in [3.8, 4) is 5.75 Å². The molecular formula is C24H19Cl2N3O4. The molecule has 0 aliphatic carbocycles. The highest BCUT2D eigenvalue weighted by Crippen LogP contribution is 2.23.